The molecule has 0 bridgehead atoms. The molecule has 0 spiro atoms. The zero-order valence-electron chi connectivity index (χ0n) is 43.1. The molecule has 0 fully saturated rings. The van der Waals surface area contributed by atoms with Crippen LogP contribution in [0.25, 0.3) is 54.9 Å². The van der Waals surface area contributed by atoms with Crippen molar-refractivity contribution < 1.29 is 0 Å². The van der Waals surface area contributed by atoms with Gasteiger partial charge in [-0.3, -0.25) is 0 Å². The lowest BCUT2D eigenvalue weighted by Gasteiger charge is -2.35. The first-order valence-electron chi connectivity index (χ1n) is 25.4. The fourth-order valence-electron chi connectivity index (χ4n) is 11.2. The van der Waals surface area contributed by atoms with Crippen LogP contribution >= 0.6 is 0 Å². The van der Waals surface area contributed by atoms with E-state index in [-0.39, 0.29) is 21.7 Å². The monoisotopic (exact) mass is 904 g/mol. The number of fused-ring (bicyclic) bond motifs is 8. The van der Waals surface area contributed by atoms with Gasteiger partial charge in [0, 0.05) is 55.7 Å². The van der Waals surface area contributed by atoms with Crippen molar-refractivity contribution in [3.05, 3.63) is 190 Å². The second-order valence-corrected chi connectivity index (χ2v) is 24.3. The van der Waals surface area contributed by atoms with Crippen LogP contribution in [0.15, 0.2) is 163 Å². The second kappa shape index (κ2) is 16.0. The Balaban J connectivity index is 1.06. The fraction of sp³-hybridized carbons (Fsp3) is 0.303. The smallest absolute Gasteiger partial charge is 0.0620 e. The highest BCUT2D eigenvalue weighted by atomic mass is 15.2. The van der Waals surface area contributed by atoms with Crippen LogP contribution in [-0.2, 0) is 22.7 Å². The maximum Gasteiger partial charge on any atom is 0.0620 e. The van der Waals surface area contributed by atoms with Gasteiger partial charge in [-0.05, 0) is 171 Å². The van der Waals surface area contributed by atoms with E-state index in [9.17, 15) is 0 Å². The first kappa shape index (κ1) is 44.9. The Kier molecular flexibility index (Phi) is 10.4. The van der Waals surface area contributed by atoms with Crippen LogP contribution in [0.2, 0.25) is 0 Å². The predicted octanol–water partition coefficient (Wildman–Crippen LogP) is 18.8. The molecule has 0 saturated carbocycles. The Labute approximate surface area is 410 Å². The molecule has 0 N–H and O–H groups in total. The number of aromatic nitrogens is 1. The minimum absolute atomic E-state index is 0.0745. The van der Waals surface area contributed by atoms with E-state index in [4.69, 9.17) is 0 Å². The van der Waals surface area contributed by atoms with Crippen LogP contribution in [0.3, 0.4) is 0 Å². The molecule has 2 aliphatic rings. The van der Waals surface area contributed by atoms with E-state index >= 15 is 0 Å². The van der Waals surface area contributed by atoms with Gasteiger partial charge in [0.15, 0.2) is 0 Å². The molecule has 7 aromatic carbocycles. The lowest BCUT2D eigenvalue weighted by Crippen LogP contribution is -2.26. The molecule has 0 saturated heterocycles. The molecule has 3 nitrogen and oxygen atoms in total. The van der Waals surface area contributed by atoms with E-state index < -0.39 is 0 Å². The van der Waals surface area contributed by atoms with E-state index in [0.29, 0.717) is 0 Å². The van der Waals surface area contributed by atoms with Gasteiger partial charge in [-0.25, -0.2) is 0 Å². The third-order valence-electron chi connectivity index (χ3n) is 15.4. The molecular weight excluding hydrogens is 835 g/mol. The second-order valence-electron chi connectivity index (χ2n) is 24.3. The van der Waals surface area contributed by atoms with Crippen LogP contribution in [-0.4, -0.2) is 4.40 Å². The standard InChI is InChI=1S/C66H69N3/c1-63(2,3)46-18-28-50(29-19-46)67(51-30-20-47(21-31-51)64(4,5)6)54-26-16-42-38-58-56-14-13-15-57-59-39-43-17-27-55(37-45(43)41-61(59)69(62(56)57)60(58)40-44(42)36-54)68(52-32-22-48(23-33-52)65(7,8)9)53-34-24-49(25-35-53)66(10,11)12/h13-16,18-24,26,28-34,36-41H,17,25,27,35H2,1-12H3. The van der Waals surface area contributed by atoms with Crippen molar-refractivity contribution in [3.63, 3.8) is 0 Å². The average Bonchev–Trinajstić information content (AvgIpc) is 3.81. The highest BCUT2D eigenvalue weighted by Gasteiger charge is 2.28. The summed E-state index contributed by atoms with van der Waals surface area (Å²) >= 11 is 0. The predicted molar refractivity (Wildman–Crippen MR) is 299 cm³/mol. The first-order valence-corrected chi connectivity index (χ1v) is 25.4. The molecule has 2 aliphatic carbocycles. The van der Waals surface area contributed by atoms with Crippen LogP contribution in [0.4, 0.5) is 22.7 Å². The summed E-state index contributed by atoms with van der Waals surface area (Å²) in [5.74, 6) is 0. The number of benzene rings is 7. The number of para-hydroxylation sites is 1. The number of hydrogen-bond donors (Lipinski definition) is 0. The SMILES string of the molecule is CC(C)(C)C1=CC=C(N(C2=Cc3cc4c(cc3CC2)c2cccc3c5cc6ccc(N(c7ccc(C(C)(C)C)cc7)c7ccc(C(C)(C)C)cc7)cc6cc5n4c23)c2ccc(C(C)(C)C)cc2)CC1. The van der Waals surface area contributed by atoms with E-state index in [2.05, 4.69) is 249 Å². The molecule has 11 rings (SSSR count). The topological polar surface area (TPSA) is 10.9 Å². The molecule has 2 aromatic heterocycles. The van der Waals surface area contributed by atoms with Crippen molar-refractivity contribution in [3.8, 4) is 0 Å². The summed E-state index contributed by atoms with van der Waals surface area (Å²) in [6.45, 7) is 27.6. The summed E-state index contributed by atoms with van der Waals surface area (Å²) in [6, 6.07) is 51.6. The van der Waals surface area contributed by atoms with Gasteiger partial charge >= 0.3 is 0 Å². The van der Waals surface area contributed by atoms with Crippen molar-refractivity contribution in [1.29, 1.82) is 0 Å². The van der Waals surface area contributed by atoms with Gasteiger partial charge in [0.2, 0.25) is 0 Å². The normalized spacial score (nSPS) is 15.0. The molecule has 69 heavy (non-hydrogen) atoms. The maximum atomic E-state index is 2.58. The Hall–Kier alpha value is -6.58. The molecule has 0 atom stereocenters. The van der Waals surface area contributed by atoms with E-state index in [0.717, 1.165) is 42.7 Å². The van der Waals surface area contributed by atoms with Crippen LogP contribution in [0.1, 0.15) is 130 Å². The van der Waals surface area contributed by atoms with Crippen molar-refractivity contribution in [2.24, 2.45) is 5.41 Å². The van der Waals surface area contributed by atoms with E-state index in [1.54, 1.807) is 0 Å². The summed E-state index contributed by atoms with van der Waals surface area (Å²) in [6.07, 6.45) is 11.4. The average molecular weight is 904 g/mol. The zero-order chi connectivity index (χ0) is 48.4. The number of allylic oxidation sites excluding steroid dienone is 5. The van der Waals surface area contributed by atoms with Crippen molar-refractivity contribution in [2.75, 3.05) is 9.80 Å². The Morgan fingerprint density at radius 1 is 0.391 bits per heavy atom. The zero-order valence-corrected chi connectivity index (χ0v) is 43.1. The first-order chi connectivity index (χ1) is 32.7. The van der Waals surface area contributed by atoms with E-state index in [1.165, 1.54) is 99.3 Å². The molecule has 348 valence electrons. The molecule has 3 heteroatoms. The Morgan fingerprint density at radius 2 is 0.899 bits per heavy atom. The molecule has 0 unspecified atom stereocenters. The van der Waals surface area contributed by atoms with Crippen molar-refractivity contribution in [1.82, 2.24) is 4.40 Å². The highest BCUT2D eigenvalue weighted by molar-refractivity contribution is 6.25. The van der Waals surface area contributed by atoms with Gasteiger partial charge in [0.05, 0.1) is 16.6 Å². The van der Waals surface area contributed by atoms with Gasteiger partial charge in [0.25, 0.3) is 0 Å². The quantitative estimate of drug-likeness (QED) is 0.165. The summed E-state index contributed by atoms with van der Waals surface area (Å²) in [4.78, 5) is 5.01. The molecule has 2 heterocycles. The lowest BCUT2D eigenvalue weighted by atomic mass is 9.81. The molecule has 0 radical (unpaired) electrons. The van der Waals surface area contributed by atoms with Crippen molar-refractivity contribution >= 4 is 77.7 Å². The number of rotatable bonds is 6. The molecule has 0 amide bonds. The summed E-state index contributed by atoms with van der Waals surface area (Å²) < 4.78 is 2.57. The number of aryl methyl sites for hydroxylation is 1. The lowest BCUT2D eigenvalue weighted by molar-refractivity contribution is 0.478. The number of anilines is 4. The largest absolute Gasteiger partial charge is 0.318 e. The maximum absolute atomic E-state index is 2.58. The molecule has 0 aliphatic heterocycles. The van der Waals surface area contributed by atoms with Gasteiger partial charge in [0.1, 0.15) is 0 Å². The molecule has 9 aromatic rings. The van der Waals surface area contributed by atoms with E-state index in [1.807, 2.05) is 0 Å². The Morgan fingerprint density at radius 3 is 1.42 bits per heavy atom. The number of hydrogen-bond acceptors (Lipinski definition) is 2. The summed E-state index contributed by atoms with van der Waals surface area (Å²) in [5, 5.41) is 7.77. The van der Waals surface area contributed by atoms with Gasteiger partial charge < -0.3 is 14.2 Å². The highest BCUT2D eigenvalue weighted by Crippen LogP contribution is 2.45. The van der Waals surface area contributed by atoms with Gasteiger partial charge in [-0.15, -0.1) is 0 Å². The third kappa shape index (κ3) is 7.92. The third-order valence-corrected chi connectivity index (χ3v) is 15.4. The summed E-state index contributed by atoms with van der Waals surface area (Å²) in [5.41, 5.74) is 20.0. The number of nitrogens with zero attached hydrogens (tertiary/aromatic N) is 3. The van der Waals surface area contributed by atoms with Crippen LogP contribution in [0, 0.1) is 5.41 Å². The minimum Gasteiger partial charge on any atom is -0.318 e. The minimum atomic E-state index is 0.0745. The molecular formula is C66H69N3. The Bertz CT molecular complexity index is 3490. The van der Waals surface area contributed by atoms with Gasteiger partial charge in [-0.1, -0.05) is 155 Å². The summed E-state index contributed by atoms with van der Waals surface area (Å²) in [7, 11) is 0. The fourth-order valence-corrected chi connectivity index (χ4v) is 11.2. The van der Waals surface area contributed by atoms with Crippen LogP contribution < -0.4 is 9.80 Å². The van der Waals surface area contributed by atoms with Crippen LogP contribution in [0.5, 0.6) is 0 Å². The van der Waals surface area contributed by atoms with Gasteiger partial charge in [-0.2, -0.15) is 0 Å². The van der Waals surface area contributed by atoms with Crippen molar-refractivity contribution in [2.45, 2.75) is 125 Å².